The molecule has 2 heterocycles. The Morgan fingerprint density at radius 2 is 1.95 bits per heavy atom. The van der Waals surface area contributed by atoms with Gasteiger partial charge in [0, 0.05) is 29.8 Å². The smallest absolute Gasteiger partial charge is 0.234 e. The summed E-state index contributed by atoms with van der Waals surface area (Å²) in [6.07, 6.45) is 3.60. The lowest BCUT2D eigenvalue weighted by atomic mass is 9.77. The van der Waals surface area contributed by atoms with E-state index in [1.54, 1.807) is 24.5 Å². The van der Waals surface area contributed by atoms with Gasteiger partial charge in [-0.15, -0.1) is 0 Å². The van der Waals surface area contributed by atoms with Crippen LogP contribution in [0.2, 0.25) is 5.02 Å². The van der Waals surface area contributed by atoms with Gasteiger partial charge in [0.05, 0.1) is 5.92 Å². The highest BCUT2D eigenvalue weighted by Crippen LogP contribution is 2.40. The molecular weight excluding hydrogens is 288 g/mol. The molecule has 5 heteroatoms. The zero-order chi connectivity index (χ0) is 14.8. The third-order valence-electron chi connectivity index (χ3n) is 3.71. The van der Waals surface area contributed by atoms with Crippen molar-refractivity contribution in [3.8, 4) is 0 Å². The fourth-order valence-corrected chi connectivity index (χ4v) is 3.01. The summed E-state index contributed by atoms with van der Waals surface area (Å²) >= 11 is 6.23. The quantitative estimate of drug-likeness (QED) is 0.867. The number of carbonyl (C=O) groups is 2. The van der Waals surface area contributed by atoms with Crippen LogP contribution in [0.3, 0.4) is 0 Å². The Morgan fingerprint density at radius 3 is 2.67 bits per heavy atom. The Morgan fingerprint density at radius 1 is 1.14 bits per heavy atom. The van der Waals surface area contributed by atoms with Crippen LogP contribution < -0.4 is 5.32 Å². The van der Waals surface area contributed by atoms with E-state index >= 15 is 0 Å². The second kappa shape index (κ2) is 5.66. The predicted octanol–water partition coefficient (Wildman–Crippen LogP) is 2.65. The van der Waals surface area contributed by atoms with Gasteiger partial charge in [0.15, 0.2) is 0 Å². The van der Waals surface area contributed by atoms with E-state index in [1.807, 2.05) is 24.3 Å². The van der Waals surface area contributed by atoms with E-state index in [2.05, 4.69) is 10.3 Å². The molecule has 2 amide bonds. The van der Waals surface area contributed by atoms with Crippen molar-refractivity contribution in [3.05, 3.63) is 64.9 Å². The molecule has 106 valence electrons. The molecule has 2 unspecified atom stereocenters. The number of rotatable bonds is 2. The summed E-state index contributed by atoms with van der Waals surface area (Å²) in [5.74, 6) is -1.31. The first kappa shape index (κ1) is 13.8. The molecule has 2 aromatic rings. The van der Waals surface area contributed by atoms with Crippen molar-refractivity contribution in [2.45, 2.75) is 18.3 Å². The number of piperidine rings is 1. The lowest BCUT2D eigenvalue weighted by molar-refractivity contribution is -0.135. The van der Waals surface area contributed by atoms with Crippen LogP contribution in [0.5, 0.6) is 0 Å². The number of hydrogen-bond acceptors (Lipinski definition) is 3. The summed E-state index contributed by atoms with van der Waals surface area (Å²) in [6.45, 7) is 0. The maximum atomic E-state index is 12.3. The Hall–Kier alpha value is -2.20. The molecule has 2 atom stereocenters. The molecule has 0 bridgehead atoms. The number of pyridine rings is 1. The first-order chi connectivity index (χ1) is 10.2. The molecule has 0 spiro atoms. The zero-order valence-electron chi connectivity index (χ0n) is 11.1. The van der Waals surface area contributed by atoms with Crippen LogP contribution in [-0.4, -0.2) is 16.8 Å². The normalized spacial score (nSPS) is 22.0. The van der Waals surface area contributed by atoms with Crippen molar-refractivity contribution in [2.24, 2.45) is 0 Å². The van der Waals surface area contributed by atoms with Crippen LogP contribution >= 0.6 is 11.6 Å². The van der Waals surface area contributed by atoms with Crippen molar-refractivity contribution in [1.82, 2.24) is 10.3 Å². The molecular formula is C16H13ClN2O2. The SMILES string of the molecule is O=C1CC(c2cccnc2)C(c2ccccc2Cl)C(=O)N1. The molecule has 21 heavy (non-hydrogen) atoms. The van der Waals surface area contributed by atoms with Gasteiger partial charge in [0.25, 0.3) is 0 Å². The van der Waals surface area contributed by atoms with Gasteiger partial charge in [-0.2, -0.15) is 0 Å². The molecule has 1 N–H and O–H groups in total. The number of benzene rings is 1. The molecule has 1 fully saturated rings. The van der Waals surface area contributed by atoms with E-state index in [-0.39, 0.29) is 24.2 Å². The minimum Gasteiger partial charge on any atom is -0.296 e. The number of nitrogens with one attached hydrogen (secondary N) is 1. The lowest BCUT2D eigenvalue weighted by Gasteiger charge is -2.31. The van der Waals surface area contributed by atoms with Gasteiger partial charge >= 0.3 is 0 Å². The zero-order valence-corrected chi connectivity index (χ0v) is 11.9. The highest BCUT2D eigenvalue weighted by molar-refractivity contribution is 6.31. The Balaban J connectivity index is 2.08. The second-order valence-corrected chi connectivity index (χ2v) is 5.42. The molecule has 4 nitrogen and oxygen atoms in total. The summed E-state index contributed by atoms with van der Waals surface area (Å²) in [4.78, 5) is 28.1. The predicted molar refractivity (Wildman–Crippen MR) is 78.9 cm³/mol. The van der Waals surface area contributed by atoms with Crippen molar-refractivity contribution < 1.29 is 9.59 Å². The van der Waals surface area contributed by atoms with E-state index in [4.69, 9.17) is 11.6 Å². The monoisotopic (exact) mass is 300 g/mol. The number of amides is 2. The van der Waals surface area contributed by atoms with Gasteiger partial charge in [-0.1, -0.05) is 35.9 Å². The second-order valence-electron chi connectivity index (χ2n) is 5.01. The first-order valence-electron chi connectivity index (χ1n) is 6.65. The van der Waals surface area contributed by atoms with Gasteiger partial charge < -0.3 is 0 Å². The molecule has 1 aromatic heterocycles. The van der Waals surface area contributed by atoms with Crippen LogP contribution in [0.1, 0.15) is 29.4 Å². The maximum absolute atomic E-state index is 12.3. The van der Waals surface area contributed by atoms with E-state index in [0.717, 1.165) is 11.1 Å². The topological polar surface area (TPSA) is 59.1 Å². The fourth-order valence-electron chi connectivity index (χ4n) is 2.76. The van der Waals surface area contributed by atoms with E-state index in [0.29, 0.717) is 5.02 Å². The van der Waals surface area contributed by atoms with Gasteiger partial charge in [-0.3, -0.25) is 19.9 Å². The number of carbonyl (C=O) groups excluding carboxylic acids is 2. The average molecular weight is 301 g/mol. The van der Waals surface area contributed by atoms with Crippen LogP contribution in [0.15, 0.2) is 48.8 Å². The van der Waals surface area contributed by atoms with E-state index in [9.17, 15) is 9.59 Å². The highest BCUT2D eigenvalue weighted by atomic mass is 35.5. The first-order valence-corrected chi connectivity index (χ1v) is 7.02. The summed E-state index contributed by atoms with van der Waals surface area (Å²) in [5.41, 5.74) is 1.60. The Labute approximate surface area is 127 Å². The molecule has 3 rings (SSSR count). The minimum atomic E-state index is -0.486. The summed E-state index contributed by atoms with van der Waals surface area (Å²) in [7, 11) is 0. The largest absolute Gasteiger partial charge is 0.296 e. The van der Waals surface area contributed by atoms with Gasteiger partial charge in [0.2, 0.25) is 11.8 Å². The van der Waals surface area contributed by atoms with Crippen molar-refractivity contribution in [1.29, 1.82) is 0 Å². The Bertz CT molecular complexity index is 688. The number of nitrogens with zero attached hydrogens (tertiary/aromatic N) is 1. The maximum Gasteiger partial charge on any atom is 0.234 e. The highest BCUT2D eigenvalue weighted by Gasteiger charge is 2.38. The fraction of sp³-hybridized carbons (Fsp3) is 0.188. The summed E-state index contributed by atoms with van der Waals surface area (Å²) in [5, 5.41) is 2.93. The van der Waals surface area contributed by atoms with Crippen molar-refractivity contribution in [3.63, 3.8) is 0 Å². The van der Waals surface area contributed by atoms with Crippen LogP contribution in [0.25, 0.3) is 0 Å². The number of aromatic nitrogens is 1. The van der Waals surface area contributed by atoms with Gasteiger partial charge in [-0.05, 0) is 23.3 Å². The third kappa shape index (κ3) is 2.67. The molecule has 0 aliphatic carbocycles. The average Bonchev–Trinajstić information content (AvgIpc) is 2.49. The minimum absolute atomic E-state index is 0.243. The molecule has 1 aliphatic heterocycles. The number of imide groups is 1. The molecule has 1 aliphatic rings. The summed E-state index contributed by atoms with van der Waals surface area (Å²) < 4.78 is 0. The van der Waals surface area contributed by atoms with E-state index in [1.165, 1.54) is 0 Å². The standard InChI is InChI=1S/C16H13ClN2O2/c17-13-6-2-1-5-11(13)15-12(8-14(20)19-16(15)21)10-4-3-7-18-9-10/h1-7,9,12,15H,8H2,(H,19,20,21). The summed E-state index contributed by atoms with van der Waals surface area (Å²) in [6, 6.07) is 10.9. The Kier molecular flexibility index (Phi) is 3.71. The molecule has 0 radical (unpaired) electrons. The lowest BCUT2D eigenvalue weighted by Crippen LogP contribution is -2.43. The van der Waals surface area contributed by atoms with Crippen molar-refractivity contribution >= 4 is 23.4 Å². The van der Waals surface area contributed by atoms with Crippen LogP contribution in [-0.2, 0) is 9.59 Å². The van der Waals surface area contributed by atoms with Crippen LogP contribution in [0, 0.1) is 0 Å². The number of halogens is 1. The number of hydrogen-bond donors (Lipinski definition) is 1. The van der Waals surface area contributed by atoms with E-state index < -0.39 is 5.92 Å². The van der Waals surface area contributed by atoms with Gasteiger partial charge in [-0.25, -0.2) is 0 Å². The van der Waals surface area contributed by atoms with Crippen molar-refractivity contribution in [2.75, 3.05) is 0 Å². The van der Waals surface area contributed by atoms with Gasteiger partial charge in [0.1, 0.15) is 0 Å². The molecule has 1 aromatic carbocycles. The van der Waals surface area contributed by atoms with Crippen LogP contribution in [0.4, 0.5) is 0 Å². The third-order valence-corrected chi connectivity index (χ3v) is 4.05. The molecule has 1 saturated heterocycles. The molecule has 0 saturated carbocycles.